The molecule has 0 radical (unpaired) electrons. The third-order valence-electron chi connectivity index (χ3n) is 4.48. The van der Waals surface area contributed by atoms with Crippen molar-refractivity contribution in [2.24, 2.45) is 7.05 Å². The van der Waals surface area contributed by atoms with E-state index in [0.717, 1.165) is 29.2 Å². The third-order valence-corrected chi connectivity index (χ3v) is 4.48. The maximum absolute atomic E-state index is 12.6. The smallest absolute Gasteiger partial charge is 0.251 e. The summed E-state index contributed by atoms with van der Waals surface area (Å²) < 4.78 is 1.79. The van der Waals surface area contributed by atoms with Gasteiger partial charge in [-0.15, -0.1) is 10.2 Å². The molecule has 0 aliphatic rings. The molecule has 2 aromatic heterocycles. The molecule has 0 aliphatic carbocycles. The minimum Gasteiger partial charge on any atom is -0.361 e. The van der Waals surface area contributed by atoms with Crippen LogP contribution < -0.4 is 10.2 Å². The van der Waals surface area contributed by atoms with Gasteiger partial charge in [-0.1, -0.05) is 19.1 Å². The van der Waals surface area contributed by atoms with Crippen LogP contribution >= 0.6 is 0 Å². The lowest BCUT2D eigenvalue weighted by Gasteiger charge is -2.17. The number of amides is 1. The monoisotopic (exact) mass is 364 g/mol. The Hall–Kier alpha value is -3.22. The first kappa shape index (κ1) is 18.6. The molecule has 7 heteroatoms. The first-order valence-electron chi connectivity index (χ1n) is 8.90. The number of aryl methyl sites for hydroxylation is 1. The number of benzene rings is 1. The number of carbonyl (C=O) groups is 1. The summed E-state index contributed by atoms with van der Waals surface area (Å²) in [5.41, 5.74) is 3.29. The highest BCUT2D eigenvalue weighted by Gasteiger charge is 2.17. The van der Waals surface area contributed by atoms with E-state index in [4.69, 9.17) is 0 Å². The summed E-state index contributed by atoms with van der Waals surface area (Å²) in [6, 6.07) is 13.1. The SMILES string of the molecule is CC[C@H](NC(=O)c1ccc(-c2ccc(N(C)C)nn2)cc1)c1ccnn1C. The van der Waals surface area contributed by atoms with Crippen LogP contribution in [0.3, 0.4) is 0 Å². The molecule has 0 bridgehead atoms. The van der Waals surface area contributed by atoms with Crippen LogP contribution in [0.1, 0.15) is 35.4 Å². The van der Waals surface area contributed by atoms with Crippen molar-refractivity contribution in [3.8, 4) is 11.3 Å². The van der Waals surface area contributed by atoms with Crippen molar-refractivity contribution in [1.82, 2.24) is 25.3 Å². The minimum absolute atomic E-state index is 0.0749. The normalized spacial score (nSPS) is 11.9. The average Bonchev–Trinajstić information content (AvgIpc) is 3.12. The first-order chi connectivity index (χ1) is 13.0. The summed E-state index contributed by atoms with van der Waals surface area (Å²) >= 11 is 0. The van der Waals surface area contributed by atoms with Crippen LogP contribution in [0.2, 0.25) is 0 Å². The summed E-state index contributed by atoms with van der Waals surface area (Å²) in [7, 11) is 5.72. The Kier molecular flexibility index (Phi) is 5.49. The van der Waals surface area contributed by atoms with Gasteiger partial charge in [-0.25, -0.2) is 0 Å². The molecular formula is C20H24N6O. The zero-order valence-electron chi connectivity index (χ0n) is 16.0. The number of nitrogens with zero attached hydrogens (tertiary/aromatic N) is 5. The van der Waals surface area contributed by atoms with Crippen molar-refractivity contribution in [3.05, 3.63) is 59.9 Å². The summed E-state index contributed by atoms with van der Waals surface area (Å²) in [6.45, 7) is 2.04. The van der Waals surface area contributed by atoms with Crippen LogP contribution in [0.4, 0.5) is 5.82 Å². The minimum atomic E-state index is -0.108. The predicted octanol–water partition coefficient (Wildman–Crippen LogP) is 2.82. The van der Waals surface area contributed by atoms with Gasteiger partial charge in [0.25, 0.3) is 5.91 Å². The molecular weight excluding hydrogens is 340 g/mol. The fourth-order valence-corrected chi connectivity index (χ4v) is 2.86. The maximum atomic E-state index is 12.6. The molecule has 0 unspecified atom stereocenters. The molecule has 1 aromatic carbocycles. The van der Waals surface area contributed by atoms with Gasteiger partial charge >= 0.3 is 0 Å². The van der Waals surface area contributed by atoms with E-state index in [0.29, 0.717) is 5.56 Å². The second-order valence-corrected chi connectivity index (χ2v) is 6.56. The van der Waals surface area contributed by atoms with E-state index in [2.05, 4.69) is 20.6 Å². The Morgan fingerprint density at radius 1 is 1.11 bits per heavy atom. The van der Waals surface area contributed by atoms with Crippen LogP contribution in [0, 0.1) is 0 Å². The van der Waals surface area contributed by atoms with Crippen molar-refractivity contribution >= 4 is 11.7 Å². The lowest BCUT2D eigenvalue weighted by atomic mass is 10.1. The molecule has 0 saturated heterocycles. The molecule has 7 nitrogen and oxygen atoms in total. The number of nitrogens with one attached hydrogen (secondary N) is 1. The quantitative estimate of drug-likeness (QED) is 0.728. The molecule has 0 saturated carbocycles. The topological polar surface area (TPSA) is 75.9 Å². The van der Waals surface area contributed by atoms with Crippen molar-refractivity contribution in [3.63, 3.8) is 0 Å². The molecule has 2 heterocycles. The largest absolute Gasteiger partial charge is 0.361 e. The molecule has 3 rings (SSSR count). The predicted molar refractivity (Wildman–Crippen MR) is 106 cm³/mol. The number of anilines is 1. The fraction of sp³-hybridized carbons (Fsp3) is 0.300. The van der Waals surface area contributed by atoms with Gasteiger partial charge in [0.1, 0.15) is 0 Å². The fourth-order valence-electron chi connectivity index (χ4n) is 2.86. The number of aromatic nitrogens is 4. The lowest BCUT2D eigenvalue weighted by Crippen LogP contribution is -2.29. The van der Waals surface area contributed by atoms with Crippen LogP contribution in [-0.4, -0.2) is 40.0 Å². The highest BCUT2D eigenvalue weighted by molar-refractivity contribution is 5.94. The third kappa shape index (κ3) is 4.13. The van der Waals surface area contributed by atoms with Crippen LogP contribution in [0.5, 0.6) is 0 Å². The van der Waals surface area contributed by atoms with Gasteiger partial charge in [-0.2, -0.15) is 5.10 Å². The molecule has 1 N–H and O–H groups in total. The van der Waals surface area contributed by atoms with Crippen molar-refractivity contribution in [2.75, 3.05) is 19.0 Å². The standard InChI is InChI=1S/C20H24N6O/c1-5-16(18-12-13-21-26(18)4)22-20(27)15-8-6-14(7-9-15)17-10-11-19(24-23-17)25(2)3/h6-13,16H,5H2,1-4H3,(H,22,27)/t16-/m0/s1. The Morgan fingerprint density at radius 3 is 2.37 bits per heavy atom. The molecule has 0 fully saturated rings. The van der Waals surface area contributed by atoms with E-state index >= 15 is 0 Å². The second-order valence-electron chi connectivity index (χ2n) is 6.56. The Balaban J connectivity index is 1.72. The van der Waals surface area contributed by atoms with Crippen molar-refractivity contribution in [2.45, 2.75) is 19.4 Å². The van der Waals surface area contributed by atoms with Gasteiger partial charge in [-0.3, -0.25) is 9.48 Å². The molecule has 27 heavy (non-hydrogen) atoms. The number of carbonyl (C=O) groups excluding carboxylic acids is 1. The van der Waals surface area contributed by atoms with Gasteiger partial charge in [0, 0.05) is 38.5 Å². The molecule has 1 atom stereocenters. The summed E-state index contributed by atoms with van der Waals surface area (Å²) in [4.78, 5) is 14.5. The second kappa shape index (κ2) is 7.99. The molecule has 140 valence electrons. The number of rotatable bonds is 6. The summed E-state index contributed by atoms with van der Waals surface area (Å²) in [6.07, 6.45) is 2.53. The zero-order chi connectivity index (χ0) is 19.4. The van der Waals surface area contributed by atoms with Crippen LogP contribution in [0.25, 0.3) is 11.3 Å². The van der Waals surface area contributed by atoms with Gasteiger partial charge in [0.2, 0.25) is 0 Å². The lowest BCUT2D eigenvalue weighted by molar-refractivity contribution is 0.0934. The Labute approximate surface area is 159 Å². The van der Waals surface area contributed by atoms with E-state index in [1.54, 1.807) is 10.9 Å². The van der Waals surface area contributed by atoms with Crippen molar-refractivity contribution < 1.29 is 4.79 Å². The van der Waals surface area contributed by atoms with E-state index in [-0.39, 0.29) is 11.9 Å². The van der Waals surface area contributed by atoms with E-state index in [1.165, 1.54) is 0 Å². The highest BCUT2D eigenvalue weighted by Crippen LogP contribution is 2.20. The number of hydrogen-bond donors (Lipinski definition) is 1. The molecule has 3 aromatic rings. The average molecular weight is 364 g/mol. The van der Waals surface area contributed by atoms with Crippen LogP contribution in [0.15, 0.2) is 48.7 Å². The van der Waals surface area contributed by atoms with Crippen molar-refractivity contribution in [1.29, 1.82) is 0 Å². The Morgan fingerprint density at radius 2 is 1.85 bits per heavy atom. The van der Waals surface area contributed by atoms with Gasteiger partial charge in [-0.05, 0) is 36.8 Å². The van der Waals surface area contributed by atoms with E-state index < -0.39 is 0 Å². The van der Waals surface area contributed by atoms with Gasteiger partial charge in [0.15, 0.2) is 5.82 Å². The number of hydrogen-bond acceptors (Lipinski definition) is 5. The maximum Gasteiger partial charge on any atom is 0.251 e. The Bertz CT molecular complexity index is 899. The van der Waals surface area contributed by atoms with Gasteiger partial charge < -0.3 is 10.2 Å². The van der Waals surface area contributed by atoms with Crippen LogP contribution in [-0.2, 0) is 7.05 Å². The summed E-state index contributed by atoms with van der Waals surface area (Å²) in [5.74, 6) is 0.694. The highest BCUT2D eigenvalue weighted by atomic mass is 16.1. The first-order valence-corrected chi connectivity index (χ1v) is 8.90. The van der Waals surface area contributed by atoms with E-state index in [9.17, 15) is 4.79 Å². The molecule has 0 aliphatic heterocycles. The zero-order valence-corrected chi connectivity index (χ0v) is 16.0. The molecule has 1 amide bonds. The molecule has 0 spiro atoms. The van der Waals surface area contributed by atoms with Gasteiger partial charge in [0.05, 0.1) is 17.4 Å². The van der Waals surface area contributed by atoms with E-state index in [1.807, 2.05) is 75.4 Å². The summed E-state index contributed by atoms with van der Waals surface area (Å²) in [5, 5.41) is 15.7.